The first kappa shape index (κ1) is 16.6. The van der Waals surface area contributed by atoms with Crippen LogP contribution in [0.25, 0.3) is 5.69 Å². The summed E-state index contributed by atoms with van der Waals surface area (Å²) in [5, 5.41) is 15.4. The van der Waals surface area contributed by atoms with Crippen molar-refractivity contribution in [2.75, 3.05) is 0 Å². The monoisotopic (exact) mass is 300 g/mol. The van der Waals surface area contributed by atoms with Crippen LogP contribution >= 0.6 is 0 Å². The standard InChI is InChI=1S/C19H28N2O/c1-5-7-9-17-18(10-8-6-2)20-21(19(17)22)16-12-11-14(3)15(4)13-16/h11-13,22H,5-10H2,1-4H3. The van der Waals surface area contributed by atoms with Crippen LogP contribution in [0, 0.1) is 13.8 Å². The Morgan fingerprint density at radius 1 is 1.00 bits per heavy atom. The Hall–Kier alpha value is -1.77. The fourth-order valence-corrected chi connectivity index (χ4v) is 2.68. The van der Waals surface area contributed by atoms with Crippen molar-refractivity contribution in [1.82, 2.24) is 9.78 Å². The highest BCUT2D eigenvalue weighted by Gasteiger charge is 2.17. The van der Waals surface area contributed by atoms with E-state index in [0.717, 1.165) is 55.5 Å². The van der Waals surface area contributed by atoms with Crippen LogP contribution in [0.5, 0.6) is 5.88 Å². The molecule has 22 heavy (non-hydrogen) atoms. The summed E-state index contributed by atoms with van der Waals surface area (Å²) in [5.74, 6) is 0.322. The van der Waals surface area contributed by atoms with E-state index in [1.165, 1.54) is 11.1 Å². The number of aromatic hydroxyl groups is 1. The summed E-state index contributed by atoms with van der Waals surface area (Å²) in [5.41, 5.74) is 5.52. The minimum Gasteiger partial charge on any atom is -0.493 e. The van der Waals surface area contributed by atoms with Crippen LogP contribution in [-0.2, 0) is 12.8 Å². The highest BCUT2D eigenvalue weighted by molar-refractivity contribution is 5.44. The minimum atomic E-state index is 0.322. The fraction of sp³-hybridized carbons (Fsp3) is 0.526. The van der Waals surface area contributed by atoms with Gasteiger partial charge in [-0.25, -0.2) is 4.68 Å². The van der Waals surface area contributed by atoms with Gasteiger partial charge in [-0.15, -0.1) is 0 Å². The van der Waals surface area contributed by atoms with E-state index in [-0.39, 0.29) is 0 Å². The summed E-state index contributed by atoms with van der Waals surface area (Å²) in [6.07, 6.45) is 6.33. The van der Waals surface area contributed by atoms with E-state index >= 15 is 0 Å². The molecule has 3 nitrogen and oxygen atoms in total. The molecule has 2 aromatic rings. The van der Waals surface area contributed by atoms with Crippen LogP contribution in [0.3, 0.4) is 0 Å². The molecule has 3 heteroatoms. The quantitative estimate of drug-likeness (QED) is 0.791. The maximum atomic E-state index is 10.6. The zero-order chi connectivity index (χ0) is 16.1. The number of unbranched alkanes of at least 4 members (excludes halogenated alkanes) is 2. The number of nitrogens with zero attached hydrogens (tertiary/aromatic N) is 2. The molecule has 0 fully saturated rings. The van der Waals surface area contributed by atoms with Crippen LogP contribution in [-0.4, -0.2) is 14.9 Å². The molecule has 0 spiro atoms. The molecule has 1 heterocycles. The van der Waals surface area contributed by atoms with Crippen LogP contribution in [0.4, 0.5) is 0 Å². The molecule has 0 aliphatic rings. The molecule has 0 radical (unpaired) electrons. The Morgan fingerprint density at radius 2 is 1.68 bits per heavy atom. The van der Waals surface area contributed by atoms with Crippen molar-refractivity contribution in [2.45, 2.75) is 66.2 Å². The van der Waals surface area contributed by atoms with E-state index in [1.807, 2.05) is 6.07 Å². The molecule has 120 valence electrons. The molecule has 0 unspecified atom stereocenters. The van der Waals surface area contributed by atoms with E-state index in [1.54, 1.807) is 4.68 Å². The lowest BCUT2D eigenvalue weighted by Crippen LogP contribution is -1.98. The van der Waals surface area contributed by atoms with Crippen LogP contribution in [0.2, 0.25) is 0 Å². The molecule has 1 N–H and O–H groups in total. The van der Waals surface area contributed by atoms with E-state index in [2.05, 4.69) is 39.8 Å². The average molecular weight is 300 g/mol. The third-order valence-electron chi connectivity index (χ3n) is 4.32. The predicted octanol–water partition coefficient (Wildman–Crippen LogP) is 4.88. The average Bonchev–Trinajstić information content (AvgIpc) is 2.82. The van der Waals surface area contributed by atoms with Gasteiger partial charge < -0.3 is 5.11 Å². The molecule has 1 aromatic heterocycles. The van der Waals surface area contributed by atoms with Crippen LogP contribution in [0.1, 0.15) is 61.9 Å². The van der Waals surface area contributed by atoms with Gasteiger partial charge in [-0.1, -0.05) is 32.8 Å². The van der Waals surface area contributed by atoms with Gasteiger partial charge in [-0.2, -0.15) is 5.10 Å². The normalized spacial score (nSPS) is 11.1. The molecule has 0 aliphatic carbocycles. The van der Waals surface area contributed by atoms with E-state index in [4.69, 9.17) is 5.10 Å². The lowest BCUT2D eigenvalue weighted by atomic mass is 10.1. The fourth-order valence-electron chi connectivity index (χ4n) is 2.68. The summed E-state index contributed by atoms with van der Waals surface area (Å²) in [6.45, 7) is 8.55. The van der Waals surface area contributed by atoms with Gasteiger partial charge >= 0.3 is 0 Å². The first-order valence-corrected chi connectivity index (χ1v) is 8.45. The van der Waals surface area contributed by atoms with Crippen molar-refractivity contribution in [3.05, 3.63) is 40.6 Å². The van der Waals surface area contributed by atoms with Crippen molar-refractivity contribution >= 4 is 0 Å². The van der Waals surface area contributed by atoms with E-state index in [0.29, 0.717) is 5.88 Å². The smallest absolute Gasteiger partial charge is 0.217 e. The van der Waals surface area contributed by atoms with Crippen molar-refractivity contribution < 1.29 is 5.11 Å². The van der Waals surface area contributed by atoms with Gasteiger partial charge in [-0.3, -0.25) is 0 Å². The second-order valence-electron chi connectivity index (χ2n) is 6.14. The van der Waals surface area contributed by atoms with E-state index < -0.39 is 0 Å². The maximum absolute atomic E-state index is 10.6. The van der Waals surface area contributed by atoms with Gasteiger partial charge in [0.15, 0.2) is 0 Å². The van der Waals surface area contributed by atoms with Crippen molar-refractivity contribution in [3.8, 4) is 11.6 Å². The third kappa shape index (κ3) is 3.52. The van der Waals surface area contributed by atoms with Crippen molar-refractivity contribution in [3.63, 3.8) is 0 Å². The van der Waals surface area contributed by atoms with Gasteiger partial charge in [0.25, 0.3) is 0 Å². The molecule has 1 aromatic carbocycles. The Bertz CT molecular complexity index is 629. The molecular weight excluding hydrogens is 272 g/mol. The predicted molar refractivity (Wildman–Crippen MR) is 91.9 cm³/mol. The number of benzene rings is 1. The summed E-state index contributed by atoms with van der Waals surface area (Å²) < 4.78 is 1.71. The highest BCUT2D eigenvalue weighted by Crippen LogP contribution is 2.28. The Balaban J connectivity index is 2.42. The lowest BCUT2D eigenvalue weighted by molar-refractivity contribution is 0.427. The minimum absolute atomic E-state index is 0.322. The third-order valence-corrected chi connectivity index (χ3v) is 4.32. The molecule has 2 rings (SSSR count). The molecule has 0 bridgehead atoms. The Labute approximate surface area is 134 Å². The molecule has 0 saturated heterocycles. The van der Waals surface area contributed by atoms with Gasteiger partial charge in [0.05, 0.1) is 11.4 Å². The number of hydrogen-bond acceptors (Lipinski definition) is 2. The number of aromatic nitrogens is 2. The van der Waals surface area contributed by atoms with Crippen LogP contribution in [0.15, 0.2) is 18.2 Å². The second-order valence-corrected chi connectivity index (χ2v) is 6.14. The summed E-state index contributed by atoms with van der Waals surface area (Å²) in [4.78, 5) is 0. The van der Waals surface area contributed by atoms with Crippen LogP contribution < -0.4 is 0 Å². The zero-order valence-electron chi connectivity index (χ0n) is 14.3. The summed E-state index contributed by atoms with van der Waals surface area (Å²) in [7, 11) is 0. The molecule has 0 saturated carbocycles. The van der Waals surface area contributed by atoms with Gasteiger partial charge in [-0.05, 0) is 62.8 Å². The Kier molecular flexibility index (Phi) is 5.64. The van der Waals surface area contributed by atoms with Crippen molar-refractivity contribution in [1.29, 1.82) is 0 Å². The highest BCUT2D eigenvalue weighted by atomic mass is 16.3. The van der Waals surface area contributed by atoms with Crippen molar-refractivity contribution in [2.24, 2.45) is 0 Å². The number of rotatable bonds is 7. The second kappa shape index (κ2) is 7.48. The SMILES string of the molecule is CCCCc1nn(-c2ccc(C)c(C)c2)c(O)c1CCCC. The topological polar surface area (TPSA) is 38.0 Å². The van der Waals surface area contributed by atoms with E-state index in [9.17, 15) is 5.11 Å². The molecule has 0 atom stereocenters. The van der Waals surface area contributed by atoms with Gasteiger partial charge in [0.1, 0.15) is 0 Å². The molecule has 0 amide bonds. The molecule has 0 aliphatic heterocycles. The largest absolute Gasteiger partial charge is 0.493 e. The zero-order valence-corrected chi connectivity index (χ0v) is 14.3. The lowest BCUT2D eigenvalue weighted by Gasteiger charge is -2.07. The van der Waals surface area contributed by atoms with Gasteiger partial charge in [0.2, 0.25) is 5.88 Å². The first-order chi connectivity index (χ1) is 10.6. The maximum Gasteiger partial charge on any atom is 0.217 e. The summed E-state index contributed by atoms with van der Waals surface area (Å²) >= 11 is 0. The Morgan fingerprint density at radius 3 is 2.32 bits per heavy atom. The number of aryl methyl sites for hydroxylation is 3. The molecular formula is C19H28N2O. The summed E-state index contributed by atoms with van der Waals surface area (Å²) in [6, 6.07) is 6.21. The number of hydrogen-bond donors (Lipinski definition) is 1. The van der Waals surface area contributed by atoms with Gasteiger partial charge in [0, 0.05) is 5.56 Å². The first-order valence-electron chi connectivity index (χ1n) is 8.45.